The Morgan fingerprint density at radius 3 is 1.75 bits per heavy atom. The Bertz CT molecular complexity index is 134. The molecule has 3 heteroatoms. The van der Waals surface area contributed by atoms with Crippen molar-refractivity contribution in [3.05, 3.63) is 0 Å². The Morgan fingerprint density at radius 1 is 0.917 bits per heavy atom. The van der Waals surface area contributed by atoms with Gasteiger partial charge in [0.1, 0.15) is 0 Å². The maximum atomic E-state index is 5.56. The van der Waals surface area contributed by atoms with Gasteiger partial charge in [0.15, 0.2) is 0 Å². The SMILES string of the molecule is CCC12COC(CC)(OC1)OC2. The van der Waals surface area contributed by atoms with E-state index in [1.807, 2.05) is 6.92 Å². The molecule has 3 nitrogen and oxygen atoms in total. The van der Waals surface area contributed by atoms with Gasteiger partial charge in [0.2, 0.25) is 0 Å². The number of fused-ring (bicyclic) bond motifs is 3. The second kappa shape index (κ2) is 2.69. The van der Waals surface area contributed by atoms with Crippen LogP contribution >= 0.6 is 0 Å². The lowest BCUT2D eigenvalue weighted by Gasteiger charge is -2.51. The van der Waals surface area contributed by atoms with Gasteiger partial charge in [-0.2, -0.15) is 0 Å². The topological polar surface area (TPSA) is 27.7 Å². The van der Waals surface area contributed by atoms with E-state index in [1.54, 1.807) is 0 Å². The van der Waals surface area contributed by atoms with Gasteiger partial charge in [0.25, 0.3) is 5.97 Å². The lowest BCUT2D eigenvalue weighted by atomic mass is 9.86. The molecule has 0 unspecified atom stereocenters. The van der Waals surface area contributed by atoms with Crippen LogP contribution in [0.4, 0.5) is 0 Å². The van der Waals surface area contributed by atoms with Crippen LogP contribution in [0.2, 0.25) is 0 Å². The van der Waals surface area contributed by atoms with Crippen LogP contribution in [0.25, 0.3) is 0 Å². The second-order valence-corrected chi connectivity index (χ2v) is 3.76. The largest absolute Gasteiger partial charge is 0.327 e. The molecular formula is C9H16O3. The van der Waals surface area contributed by atoms with Crippen molar-refractivity contribution < 1.29 is 14.2 Å². The minimum atomic E-state index is -0.697. The first-order valence-corrected chi connectivity index (χ1v) is 4.66. The third-order valence-electron chi connectivity index (χ3n) is 2.98. The van der Waals surface area contributed by atoms with Crippen molar-refractivity contribution >= 4 is 0 Å². The van der Waals surface area contributed by atoms with Gasteiger partial charge < -0.3 is 14.2 Å². The van der Waals surface area contributed by atoms with Crippen molar-refractivity contribution in [2.75, 3.05) is 19.8 Å². The van der Waals surface area contributed by atoms with Gasteiger partial charge in [-0.15, -0.1) is 0 Å². The van der Waals surface area contributed by atoms with Crippen molar-refractivity contribution in [1.29, 1.82) is 0 Å². The van der Waals surface area contributed by atoms with E-state index in [9.17, 15) is 0 Å². The molecule has 0 aromatic rings. The Labute approximate surface area is 73.0 Å². The lowest BCUT2D eigenvalue weighted by molar-refractivity contribution is -0.468. The first kappa shape index (κ1) is 8.48. The minimum absolute atomic E-state index is 0.136. The van der Waals surface area contributed by atoms with Gasteiger partial charge in [-0.05, 0) is 6.42 Å². The summed E-state index contributed by atoms with van der Waals surface area (Å²) in [5.74, 6) is -0.697. The Kier molecular flexibility index (Phi) is 1.90. The molecule has 12 heavy (non-hydrogen) atoms. The summed E-state index contributed by atoms with van der Waals surface area (Å²) in [6.07, 6.45) is 1.83. The van der Waals surface area contributed by atoms with Crippen LogP contribution < -0.4 is 0 Å². The summed E-state index contributed by atoms with van der Waals surface area (Å²) < 4.78 is 16.7. The number of rotatable bonds is 2. The summed E-state index contributed by atoms with van der Waals surface area (Å²) in [4.78, 5) is 0. The van der Waals surface area contributed by atoms with Crippen LogP contribution in [0, 0.1) is 5.41 Å². The molecule has 2 bridgehead atoms. The molecule has 0 aromatic carbocycles. The molecule has 0 N–H and O–H groups in total. The predicted molar refractivity (Wildman–Crippen MR) is 43.6 cm³/mol. The molecular weight excluding hydrogens is 156 g/mol. The van der Waals surface area contributed by atoms with Crippen molar-refractivity contribution in [2.24, 2.45) is 5.41 Å². The van der Waals surface area contributed by atoms with E-state index in [-0.39, 0.29) is 5.41 Å². The zero-order chi connectivity index (χ0) is 8.66. The van der Waals surface area contributed by atoms with Crippen molar-refractivity contribution in [3.63, 3.8) is 0 Å². The van der Waals surface area contributed by atoms with E-state index in [4.69, 9.17) is 14.2 Å². The number of hydrogen-bond acceptors (Lipinski definition) is 3. The highest BCUT2D eigenvalue weighted by Crippen LogP contribution is 2.41. The average Bonchev–Trinajstić information content (AvgIpc) is 2.21. The van der Waals surface area contributed by atoms with Crippen LogP contribution in [0.3, 0.4) is 0 Å². The standard InChI is InChI=1S/C9H16O3/c1-3-8-5-10-9(4-2,11-6-8)12-7-8/h3-7H2,1-2H3. The van der Waals surface area contributed by atoms with Gasteiger partial charge in [-0.1, -0.05) is 13.8 Å². The van der Waals surface area contributed by atoms with Gasteiger partial charge in [0.05, 0.1) is 19.8 Å². The third kappa shape index (κ3) is 1.08. The first-order chi connectivity index (χ1) is 5.74. The highest BCUT2D eigenvalue weighted by atomic mass is 16.9. The average molecular weight is 172 g/mol. The fraction of sp³-hybridized carbons (Fsp3) is 1.00. The van der Waals surface area contributed by atoms with E-state index < -0.39 is 5.97 Å². The summed E-state index contributed by atoms with van der Waals surface area (Å²) in [5.41, 5.74) is 0.136. The van der Waals surface area contributed by atoms with Gasteiger partial charge >= 0.3 is 0 Å². The molecule has 70 valence electrons. The minimum Gasteiger partial charge on any atom is -0.327 e. The zero-order valence-electron chi connectivity index (χ0n) is 7.76. The lowest BCUT2D eigenvalue weighted by Crippen LogP contribution is -2.59. The molecule has 0 spiro atoms. The van der Waals surface area contributed by atoms with Crippen molar-refractivity contribution in [3.8, 4) is 0 Å². The van der Waals surface area contributed by atoms with Gasteiger partial charge in [0, 0.05) is 11.8 Å². The maximum absolute atomic E-state index is 5.56. The van der Waals surface area contributed by atoms with E-state index in [0.717, 1.165) is 32.7 Å². The van der Waals surface area contributed by atoms with Crippen LogP contribution in [0.1, 0.15) is 26.7 Å². The Balaban J connectivity index is 2.09. The number of ether oxygens (including phenoxy) is 3. The summed E-state index contributed by atoms with van der Waals surface area (Å²) in [5, 5.41) is 0. The van der Waals surface area contributed by atoms with Gasteiger partial charge in [-0.25, -0.2) is 0 Å². The quantitative estimate of drug-likeness (QED) is 0.632. The molecule has 3 rings (SSSR count). The van der Waals surface area contributed by atoms with Crippen LogP contribution in [-0.2, 0) is 14.2 Å². The maximum Gasteiger partial charge on any atom is 0.282 e. The van der Waals surface area contributed by atoms with Crippen LogP contribution in [0.15, 0.2) is 0 Å². The highest BCUT2D eigenvalue weighted by Gasteiger charge is 2.50. The van der Waals surface area contributed by atoms with E-state index >= 15 is 0 Å². The Morgan fingerprint density at radius 2 is 1.42 bits per heavy atom. The molecule has 0 atom stereocenters. The van der Waals surface area contributed by atoms with E-state index in [1.165, 1.54) is 0 Å². The smallest absolute Gasteiger partial charge is 0.282 e. The first-order valence-electron chi connectivity index (χ1n) is 4.66. The fourth-order valence-corrected chi connectivity index (χ4v) is 1.65. The molecule has 0 saturated carbocycles. The molecule has 3 saturated heterocycles. The number of hydrogen-bond donors (Lipinski definition) is 0. The van der Waals surface area contributed by atoms with Crippen molar-refractivity contribution in [2.45, 2.75) is 32.7 Å². The van der Waals surface area contributed by atoms with E-state index in [2.05, 4.69) is 6.92 Å². The van der Waals surface area contributed by atoms with Crippen LogP contribution in [0.5, 0.6) is 0 Å². The predicted octanol–water partition coefficient (Wildman–Crippen LogP) is 1.52. The van der Waals surface area contributed by atoms with Crippen molar-refractivity contribution in [1.82, 2.24) is 0 Å². The molecule has 3 fully saturated rings. The molecule has 3 heterocycles. The molecule has 0 aromatic heterocycles. The fourth-order valence-electron chi connectivity index (χ4n) is 1.65. The summed E-state index contributed by atoms with van der Waals surface area (Å²) in [6, 6.07) is 0. The molecule has 0 amide bonds. The third-order valence-corrected chi connectivity index (χ3v) is 2.98. The summed E-state index contributed by atoms with van der Waals surface area (Å²) >= 11 is 0. The van der Waals surface area contributed by atoms with Crippen LogP contribution in [-0.4, -0.2) is 25.8 Å². The zero-order valence-corrected chi connectivity index (χ0v) is 7.76. The van der Waals surface area contributed by atoms with Gasteiger partial charge in [-0.3, -0.25) is 0 Å². The second-order valence-electron chi connectivity index (χ2n) is 3.76. The summed E-state index contributed by atoms with van der Waals surface area (Å²) in [7, 11) is 0. The summed E-state index contributed by atoms with van der Waals surface area (Å²) in [6.45, 7) is 6.54. The molecule has 3 aliphatic heterocycles. The molecule has 0 radical (unpaired) electrons. The molecule has 0 aliphatic carbocycles. The Hall–Kier alpha value is -0.120. The van der Waals surface area contributed by atoms with E-state index in [0.29, 0.717) is 0 Å². The monoisotopic (exact) mass is 172 g/mol. The molecule has 3 aliphatic rings. The highest BCUT2D eigenvalue weighted by molar-refractivity contribution is 4.86. The normalized spacial score (nSPS) is 46.5.